The van der Waals surface area contributed by atoms with E-state index in [0.717, 1.165) is 34.5 Å². The van der Waals surface area contributed by atoms with E-state index in [9.17, 15) is 4.79 Å². The predicted octanol–water partition coefficient (Wildman–Crippen LogP) is 5.47. The van der Waals surface area contributed by atoms with E-state index in [1.165, 1.54) is 0 Å². The standard InChI is InChI=1S/C29H33N3O2/c1-4-27(23-13-9-6-10-14-23)29(33)32(20-22-11-7-5-8-12-22)21-26-19-28(30-34-26)24-15-17-25(18-16-24)31(2)3/h5-18,26-27H,4,19-21H2,1-3H3. The highest BCUT2D eigenvalue weighted by atomic mass is 16.6. The summed E-state index contributed by atoms with van der Waals surface area (Å²) < 4.78 is 0. The Morgan fingerprint density at radius 3 is 2.24 bits per heavy atom. The Labute approximate surface area is 202 Å². The van der Waals surface area contributed by atoms with Crippen LogP contribution in [0.4, 0.5) is 5.69 Å². The molecule has 1 aliphatic rings. The van der Waals surface area contributed by atoms with E-state index in [2.05, 4.69) is 53.4 Å². The quantitative estimate of drug-likeness (QED) is 0.430. The summed E-state index contributed by atoms with van der Waals surface area (Å²) in [4.78, 5) is 23.6. The Kier molecular flexibility index (Phi) is 7.63. The van der Waals surface area contributed by atoms with Crippen LogP contribution in [-0.4, -0.2) is 43.3 Å². The molecule has 0 aromatic heterocycles. The zero-order valence-electron chi connectivity index (χ0n) is 20.2. The maximum absolute atomic E-state index is 13.7. The molecule has 3 aromatic carbocycles. The molecule has 0 saturated heterocycles. The summed E-state index contributed by atoms with van der Waals surface area (Å²) in [5, 5.41) is 4.37. The topological polar surface area (TPSA) is 45.1 Å². The van der Waals surface area contributed by atoms with Gasteiger partial charge in [-0.15, -0.1) is 0 Å². The minimum absolute atomic E-state index is 0.130. The first-order chi connectivity index (χ1) is 16.5. The monoisotopic (exact) mass is 455 g/mol. The van der Waals surface area contributed by atoms with Crippen LogP contribution in [-0.2, 0) is 16.2 Å². The molecule has 0 spiro atoms. The molecule has 5 heteroatoms. The third kappa shape index (κ3) is 5.66. The second-order valence-corrected chi connectivity index (χ2v) is 8.99. The van der Waals surface area contributed by atoms with Crippen LogP contribution in [0, 0.1) is 0 Å². The zero-order valence-corrected chi connectivity index (χ0v) is 20.2. The molecule has 5 nitrogen and oxygen atoms in total. The molecule has 0 bridgehead atoms. The van der Waals surface area contributed by atoms with Gasteiger partial charge in [0.2, 0.25) is 5.91 Å². The molecule has 1 aliphatic heterocycles. The van der Waals surface area contributed by atoms with E-state index >= 15 is 0 Å². The van der Waals surface area contributed by atoms with Crippen molar-refractivity contribution < 1.29 is 9.63 Å². The Morgan fingerprint density at radius 2 is 1.62 bits per heavy atom. The summed E-state index contributed by atoms with van der Waals surface area (Å²) in [6.45, 7) is 3.12. The first-order valence-electron chi connectivity index (χ1n) is 11.9. The minimum atomic E-state index is -0.176. The van der Waals surface area contributed by atoms with Crippen LogP contribution in [0.25, 0.3) is 0 Å². The molecule has 0 fully saturated rings. The predicted molar refractivity (Wildman–Crippen MR) is 138 cm³/mol. The highest BCUT2D eigenvalue weighted by Crippen LogP contribution is 2.26. The smallest absolute Gasteiger partial charge is 0.230 e. The van der Waals surface area contributed by atoms with Crippen molar-refractivity contribution in [1.82, 2.24) is 4.90 Å². The number of carbonyl (C=O) groups excluding carboxylic acids is 1. The first kappa shape index (κ1) is 23.6. The Balaban J connectivity index is 1.49. The molecule has 0 radical (unpaired) electrons. The molecule has 176 valence electrons. The van der Waals surface area contributed by atoms with E-state index in [0.29, 0.717) is 19.5 Å². The summed E-state index contributed by atoms with van der Waals surface area (Å²) in [6, 6.07) is 28.5. The van der Waals surface area contributed by atoms with Gasteiger partial charge < -0.3 is 14.6 Å². The van der Waals surface area contributed by atoms with Crippen molar-refractivity contribution in [3.05, 3.63) is 102 Å². The molecule has 34 heavy (non-hydrogen) atoms. The van der Waals surface area contributed by atoms with Gasteiger partial charge in [0.1, 0.15) is 0 Å². The van der Waals surface area contributed by atoms with Crippen molar-refractivity contribution in [3.8, 4) is 0 Å². The summed E-state index contributed by atoms with van der Waals surface area (Å²) in [6.07, 6.45) is 1.27. The number of hydrogen-bond acceptors (Lipinski definition) is 4. The minimum Gasteiger partial charge on any atom is -0.390 e. The first-order valence-corrected chi connectivity index (χ1v) is 11.9. The summed E-state index contributed by atoms with van der Waals surface area (Å²) in [5.74, 6) is -0.0461. The Morgan fingerprint density at radius 1 is 0.971 bits per heavy atom. The highest BCUT2D eigenvalue weighted by Gasteiger charge is 2.30. The second-order valence-electron chi connectivity index (χ2n) is 8.99. The van der Waals surface area contributed by atoms with Crippen molar-refractivity contribution in [2.45, 2.75) is 38.3 Å². The van der Waals surface area contributed by atoms with Crippen molar-refractivity contribution >= 4 is 17.3 Å². The summed E-state index contributed by atoms with van der Waals surface area (Å²) in [5.41, 5.74) is 5.30. The average molecular weight is 456 g/mol. The number of hydrogen-bond donors (Lipinski definition) is 0. The van der Waals surface area contributed by atoms with Gasteiger partial charge in [0.15, 0.2) is 6.10 Å². The largest absolute Gasteiger partial charge is 0.390 e. The number of oxime groups is 1. The lowest BCUT2D eigenvalue weighted by Crippen LogP contribution is -2.40. The van der Waals surface area contributed by atoms with Crippen LogP contribution in [0.1, 0.15) is 42.4 Å². The van der Waals surface area contributed by atoms with E-state index in [1.54, 1.807) is 0 Å². The van der Waals surface area contributed by atoms with Gasteiger partial charge in [-0.1, -0.05) is 84.9 Å². The molecule has 1 heterocycles. The van der Waals surface area contributed by atoms with Crippen molar-refractivity contribution in [2.75, 3.05) is 25.5 Å². The number of carbonyl (C=O) groups is 1. The molecule has 0 N–H and O–H groups in total. The van der Waals surface area contributed by atoms with Crippen molar-refractivity contribution in [2.24, 2.45) is 5.16 Å². The van der Waals surface area contributed by atoms with Gasteiger partial charge in [-0.3, -0.25) is 4.79 Å². The van der Waals surface area contributed by atoms with E-state index < -0.39 is 0 Å². The third-order valence-corrected chi connectivity index (χ3v) is 6.31. The average Bonchev–Trinajstić information content (AvgIpc) is 3.34. The van der Waals surface area contributed by atoms with Gasteiger partial charge in [-0.25, -0.2) is 0 Å². The fraction of sp³-hybridized carbons (Fsp3) is 0.310. The molecule has 1 amide bonds. The normalized spacial score (nSPS) is 15.9. The Hall–Kier alpha value is -3.60. The van der Waals surface area contributed by atoms with E-state index in [1.807, 2.05) is 67.5 Å². The highest BCUT2D eigenvalue weighted by molar-refractivity contribution is 6.01. The molecule has 0 aliphatic carbocycles. The molecule has 3 aromatic rings. The zero-order chi connectivity index (χ0) is 23.9. The molecule has 2 atom stereocenters. The van der Waals surface area contributed by atoms with Gasteiger partial charge in [0, 0.05) is 32.7 Å². The van der Waals surface area contributed by atoms with Crippen LogP contribution in [0.5, 0.6) is 0 Å². The summed E-state index contributed by atoms with van der Waals surface area (Å²) >= 11 is 0. The van der Waals surface area contributed by atoms with Crippen LogP contribution < -0.4 is 4.90 Å². The van der Waals surface area contributed by atoms with Crippen LogP contribution in [0.2, 0.25) is 0 Å². The second kappa shape index (κ2) is 11.0. The van der Waals surface area contributed by atoms with Gasteiger partial charge in [0.25, 0.3) is 0 Å². The maximum atomic E-state index is 13.7. The van der Waals surface area contributed by atoms with Crippen LogP contribution >= 0.6 is 0 Å². The number of amides is 1. The molecule has 0 saturated carbocycles. The number of nitrogens with zero attached hydrogens (tertiary/aromatic N) is 3. The van der Waals surface area contributed by atoms with Gasteiger partial charge in [-0.2, -0.15) is 0 Å². The third-order valence-electron chi connectivity index (χ3n) is 6.31. The molecule has 4 rings (SSSR count). The SMILES string of the molecule is CCC(C(=O)N(Cc1ccccc1)CC1CC(c2ccc(N(C)C)cc2)=NO1)c1ccccc1. The number of rotatable bonds is 9. The molecular formula is C29H33N3O2. The van der Waals surface area contributed by atoms with Crippen LogP contribution in [0.15, 0.2) is 90.1 Å². The Bertz CT molecular complexity index is 1100. The van der Waals surface area contributed by atoms with Gasteiger partial charge in [-0.05, 0) is 35.2 Å². The lowest BCUT2D eigenvalue weighted by molar-refractivity contribution is -0.135. The summed E-state index contributed by atoms with van der Waals surface area (Å²) in [7, 11) is 4.05. The maximum Gasteiger partial charge on any atom is 0.230 e. The van der Waals surface area contributed by atoms with E-state index in [-0.39, 0.29) is 17.9 Å². The van der Waals surface area contributed by atoms with Gasteiger partial charge in [0.05, 0.1) is 18.2 Å². The van der Waals surface area contributed by atoms with Crippen LogP contribution in [0.3, 0.4) is 0 Å². The number of anilines is 1. The lowest BCUT2D eigenvalue weighted by Gasteiger charge is -2.29. The number of benzene rings is 3. The van der Waals surface area contributed by atoms with Gasteiger partial charge >= 0.3 is 0 Å². The van der Waals surface area contributed by atoms with Crippen molar-refractivity contribution in [3.63, 3.8) is 0 Å². The lowest BCUT2D eigenvalue weighted by atomic mass is 9.94. The van der Waals surface area contributed by atoms with Crippen molar-refractivity contribution in [1.29, 1.82) is 0 Å². The fourth-order valence-corrected chi connectivity index (χ4v) is 4.39. The fourth-order valence-electron chi connectivity index (χ4n) is 4.39. The molecular weight excluding hydrogens is 422 g/mol. The molecule has 2 unspecified atom stereocenters. The van der Waals surface area contributed by atoms with E-state index in [4.69, 9.17) is 4.84 Å².